The number of anilines is 3. The predicted molar refractivity (Wildman–Crippen MR) is 236 cm³/mol. The van der Waals surface area contributed by atoms with Gasteiger partial charge in [0.25, 0.3) is 11.5 Å². The molecule has 2 N–H and O–H groups in total. The summed E-state index contributed by atoms with van der Waals surface area (Å²) in [5, 5.41) is 15.2. The van der Waals surface area contributed by atoms with Crippen LogP contribution < -0.4 is 21.1 Å². The van der Waals surface area contributed by atoms with E-state index in [9.17, 15) is 24.0 Å². The zero-order chi connectivity index (χ0) is 43.6. The van der Waals surface area contributed by atoms with Crippen LogP contribution in [0.25, 0.3) is 11.0 Å². The molecule has 17 heteroatoms. The maximum Gasteiger partial charge on any atom is 0.263 e. The number of nitrogens with one attached hydrogen (secondary N) is 2. The van der Waals surface area contributed by atoms with Gasteiger partial charge in [-0.1, -0.05) is 43.0 Å². The third kappa shape index (κ3) is 8.83. The highest BCUT2D eigenvalue weighted by atomic mass is 16.2. The van der Waals surface area contributed by atoms with Crippen LogP contribution >= 0.6 is 0 Å². The van der Waals surface area contributed by atoms with Crippen LogP contribution in [-0.2, 0) is 35.6 Å². The van der Waals surface area contributed by atoms with Gasteiger partial charge in [-0.3, -0.25) is 43.4 Å². The van der Waals surface area contributed by atoms with Crippen molar-refractivity contribution >= 4 is 52.0 Å². The number of nitrogens with zero attached hydrogens (tertiary/aromatic N) is 10. The molecule has 0 bridgehead atoms. The SMILES string of the molecule is CC(=O)c1c(C)c2cnc(Nc3ccc(N4CCN(Cc5cn(CCCCCCc6cccc7c6CN(C6CCC(=O)NC6=O)C7=O)nn5)CC4)cn3)nc2n(C2CCCC2)c1=O. The summed E-state index contributed by atoms with van der Waals surface area (Å²) in [6, 6.07) is 9.22. The second kappa shape index (κ2) is 18.2. The summed E-state index contributed by atoms with van der Waals surface area (Å²) in [7, 11) is 0. The number of piperidine rings is 1. The topological polar surface area (TPSA) is 193 Å². The molecule has 3 amide bonds. The first-order valence-electron chi connectivity index (χ1n) is 22.4. The second-order valence-corrected chi connectivity index (χ2v) is 17.4. The Balaban J connectivity index is 0.712. The van der Waals surface area contributed by atoms with E-state index in [2.05, 4.69) is 53.0 Å². The molecule has 7 heterocycles. The Morgan fingerprint density at radius 1 is 0.921 bits per heavy atom. The van der Waals surface area contributed by atoms with Gasteiger partial charge in [0.15, 0.2) is 5.78 Å². The Hall–Kier alpha value is -6.36. The van der Waals surface area contributed by atoms with Crippen molar-refractivity contribution in [3.8, 4) is 0 Å². The van der Waals surface area contributed by atoms with E-state index in [1.54, 1.807) is 22.6 Å². The molecule has 2 saturated heterocycles. The molecular formula is C46H54N12O5. The highest BCUT2D eigenvalue weighted by Gasteiger charge is 2.39. The monoisotopic (exact) mass is 854 g/mol. The van der Waals surface area contributed by atoms with E-state index in [1.807, 2.05) is 35.1 Å². The van der Waals surface area contributed by atoms with Crippen molar-refractivity contribution in [2.45, 2.75) is 116 Å². The molecule has 4 aliphatic rings. The van der Waals surface area contributed by atoms with Gasteiger partial charge in [0, 0.05) is 81.6 Å². The number of ketones is 1. The van der Waals surface area contributed by atoms with E-state index in [4.69, 9.17) is 4.98 Å². The molecule has 1 saturated carbocycles. The fraction of sp³-hybridized carbons (Fsp3) is 0.478. The van der Waals surface area contributed by atoms with Crippen molar-refractivity contribution in [3.05, 3.63) is 92.8 Å². The van der Waals surface area contributed by atoms with E-state index in [1.165, 1.54) is 6.92 Å². The van der Waals surface area contributed by atoms with Gasteiger partial charge < -0.3 is 15.1 Å². The molecule has 3 aliphatic heterocycles. The Morgan fingerprint density at radius 2 is 1.73 bits per heavy atom. The van der Waals surface area contributed by atoms with Crippen molar-refractivity contribution in [1.29, 1.82) is 0 Å². The lowest BCUT2D eigenvalue weighted by Gasteiger charge is -2.35. The number of Topliss-reactive ketones (excluding diaryl/α,β-unsaturated/α-hetero) is 1. The maximum atomic E-state index is 13.6. The number of benzene rings is 1. The van der Waals surface area contributed by atoms with Gasteiger partial charge in [-0.2, -0.15) is 4.98 Å². The molecule has 4 aromatic heterocycles. The molecule has 17 nitrogen and oxygen atoms in total. The number of piperazine rings is 1. The van der Waals surface area contributed by atoms with Gasteiger partial charge in [0.2, 0.25) is 17.8 Å². The summed E-state index contributed by atoms with van der Waals surface area (Å²) in [6.07, 6.45) is 15.1. The number of pyridine rings is 2. The van der Waals surface area contributed by atoms with Crippen LogP contribution in [-0.4, -0.2) is 100 Å². The summed E-state index contributed by atoms with van der Waals surface area (Å²) >= 11 is 0. The second-order valence-electron chi connectivity index (χ2n) is 17.4. The summed E-state index contributed by atoms with van der Waals surface area (Å²) in [6.45, 7) is 8.69. The summed E-state index contributed by atoms with van der Waals surface area (Å²) in [5.74, 6) is -0.0854. The molecule has 1 aliphatic carbocycles. The van der Waals surface area contributed by atoms with Crippen LogP contribution in [0.3, 0.4) is 0 Å². The number of rotatable bonds is 15. The zero-order valence-corrected chi connectivity index (χ0v) is 36.0. The largest absolute Gasteiger partial charge is 0.368 e. The average molecular weight is 855 g/mol. The highest BCUT2D eigenvalue weighted by molar-refractivity contribution is 6.05. The maximum absolute atomic E-state index is 13.6. The van der Waals surface area contributed by atoms with Gasteiger partial charge in [-0.15, -0.1) is 5.10 Å². The highest BCUT2D eigenvalue weighted by Crippen LogP contribution is 2.33. The third-order valence-corrected chi connectivity index (χ3v) is 13.2. The van der Waals surface area contributed by atoms with Gasteiger partial charge in [0.05, 0.1) is 23.1 Å². The number of carbonyl (C=O) groups is 4. The first-order valence-corrected chi connectivity index (χ1v) is 22.4. The van der Waals surface area contributed by atoms with Gasteiger partial charge in [-0.25, -0.2) is 9.97 Å². The first-order chi connectivity index (χ1) is 30.6. The minimum absolute atomic E-state index is 0.0108. The fourth-order valence-corrected chi connectivity index (χ4v) is 9.81. The smallest absolute Gasteiger partial charge is 0.263 e. The van der Waals surface area contributed by atoms with Crippen LogP contribution in [0.15, 0.2) is 53.7 Å². The van der Waals surface area contributed by atoms with Gasteiger partial charge in [-0.05, 0) is 87.3 Å². The molecule has 63 heavy (non-hydrogen) atoms. The molecular weight excluding hydrogens is 801 g/mol. The fourth-order valence-electron chi connectivity index (χ4n) is 9.81. The molecule has 0 radical (unpaired) electrons. The molecule has 9 rings (SSSR count). The van der Waals surface area contributed by atoms with Crippen LogP contribution in [0.2, 0.25) is 0 Å². The molecule has 1 atom stereocenters. The lowest BCUT2D eigenvalue weighted by Crippen LogP contribution is -2.52. The van der Waals surface area contributed by atoms with Gasteiger partial charge >= 0.3 is 0 Å². The van der Waals surface area contributed by atoms with Crippen molar-refractivity contribution < 1.29 is 19.2 Å². The molecule has 0 spiro atoms. The Labute approximate surface area is 365 Å². The van der Waals surface area contributed by atoms with Crippen LogP contribution in [0.5, 0.6) is 0 Å². The van der Waals surface area contributed by atoms with Crippen molar-refractivity contribution in [2.75, 3.05) is 36.4 Å². The Bertz CT molecular complexity index is 2610. The zero-order valence-electron chi connectivity index (χ0n) is 36.0. The number of amides is 3. The summed E-state index contributed by atoms with van der Waals surface area (Å²) in [4.78, 5) is 83.7. The number of hydrogen-bond donors (Lipinski definition) is 2. The van der Waals surface area contributed by atoms with Crippen molar-refractivity contribution in [2.24, 2.45) is 0 Å². The number of fused-ring (bicyclic) bond motifs is 2. The minimum atomic E-state index is -0.599. The third-order valence-electron chi connectivity index (χ3n) is 13.2. The predicted octanol–water partition coefficient (Wildman–Crippen LogP) is 5.03. The number of aromatic nitrogens is 7. The van der Waals surface area contributed by atoms with Crippen LogP contribution in [0, 0.1) is 6.92 Å². The number of aryl methyl sites for hydroxylation is 3. The summed E-state index contributed by atoms with van der Waals surface area (Å²) in [5.41, 5.74) is 5.94. The van der Waals surface area contributed by atoms with E-state index < -0.39 is 6.04 Å². The first kappa shape index (κ1) is 42.0. The molecule has 5 aromatic rings. The summed E-state index contributed by atoms with van der Waals surface area (Å²) < 4.78 is 3.66. The lowest BCUT2D eigenvalue weighted by molar-refractivity contribution is -0.136. The van der Waals surface area contributed by atoms with E-state index in [0.717, 1.165) is 120 Å². The van der Waals surface area contributed by atoms with Gasteiger partial charge in [0.1, 0.15) is 17.5 Å². The van der Waals surface area contributed by atoms with Crippen molar-refractivity contribution in [3.63, 3.8) is 0 Å². The lowest BCUT2D eigenvalue weighted by atomic mass is 9.98. The van der Waals surface area contributed by atoms with Crippen LogP contribution in [0.1, 0.15) is 120 Å². The minimum Gasteiger partial charge on any atom is -0.368 e. The van der Waals surface area contributed by atoms with E-state index >= 15 is 0 Å². The number of carbonyl (C=O) groups excluding carboxylic acids is 4. The number of imide groups is 1. The number of hydrogen-bond acceptors (Lipinski definition) is 13. The quantitative estimate of drug-likeness (QED) is 0.0810. The van der Waals surface area contributed by atoms with Crippen molar-refractivity contribution in [1.82, 2.24) is 49.6 Å². The Morgan fingerprint density at radius 3 is 2.49 bits per heavy atom. The molecule has 1 aromatic carbocycles. The molecule has 1 unspecified atom stereocenters. The van der Waals surface area contributed by atoms with Crippen LogP contribution in [0.4, 0.5) is 17.5 Å². The number of unbranched alkanes of at least 4 members (excludes halogenated alkanes) is 3. The average Bonchev–Trinajstić information content (AvgIpc) is 4.04. The normalized spacial score (nSPS) is 18.4. The van der Waals surface area contributed by atoms with E-state index in [-0.39, 0.29) is 47.1 Å². The standard InChI is InChI=1S/C46H54N12O5/c1-29-36-25-48-46(51-42(36)58(33-12-6-7-13-33)45(63)41(29)30(2)59)49-39-17-15-34(24-47-39)55-22-20-54(21-23-55)26-32-27-56(53-52-32)19-8-4-3-5-10-31-11-9-14-35-37(31)28-57(44(35)62)38-16-18-40(60)50-43(38)61/h9,11,14-15,17,24-25,27,33,38H,3-8,10,12-13,16,18-23,26,28H2,1-2H3,(H,50,60,61)(H,47,48,49,51). The Kier molecular flexibility index (Phi) is 12.1. The van der Waals surface area contributed by atoms with E-state index in [0.29, 0.717) is 46.9 Å². The molecule has 328 valence electrons. The molecule has 3 fully saturated rings.